The van der Waals surface area contributed by atoms with Gasteiger partial charge in [0.2, 0.25) is 0 Å². The molecular weight excluding hydrogens is 280 g/mol. The molecule has 0 amide bonds. The van der Waals surface area contributed by atoms with E-state index in [0.717, 1.165) is 12.0 Å². The number of carbonyl (C=O) groups is 1. The van der Waals surface area contributed by atoms with Crippen molar-refractivity contribution in [1.82, 2.24) is 0 Å². The first-order valence-corrected chi connectivity index (χ1v) is 9.53. The molecule has 0 saturated heterocycles. The minimum absolute atomic E-state index is 0.210. The van der Waals surface area contributed by atoms with Gasteiger partial charge < -0.3 is 0 Å². The van der Waals surface area contributed by atoms with E-state index >= 15 is 0 Å². The van der Waals surface area contributed by atoms with Gasteiger partial charge in [-0.3, -0.25) is 4.79 Å². The molecule has 2 aliphatic carbocycles. The zero-order valence-corrected chi connectivity index (χ0v) is 16.1. The number of rotatable bonds is 1. The normalized spacial score (nSPS) is 29.5. The van der Waals surface area contributed by atoms with Crippen molar-refractivity contribution in [1.29, 1.82) is 0 Å². The van der Waals surface area contributed by atoms with Crippen molar-refractivity contribution in [3.05, 3.63) is 34.4 Å². The van der Waals surface area contributed by atoms with Crippen molar-refractivity contribution in [2.45, 2.75) is 85.5 Å². The van der Waals surface area contributed by atoms with Crippen LogP contribution in [0.2, 0.25) is 0 Å². The molecule has 0 heterocycles. The molecule has 1 aromatic carbocycles. The molecule has 1 fully saturated rings. The molecule has 2 aliphatic rings. The molecule has 1 saturated carbocycles. The second kappa shape index (κ2) is 6.79. The third kappa shape index (κ3) is 2.88. The summed E-state index contributed by atoms with van der Waals surface area (Å²) in [7, 11) is 0. The summed E-state index contributed by atoms with van der Waals surface area (Å²) in [4.78, 5) is 12.8. The monoisotopic (exact) mass is 314 g/mol. The Hall–Kier alpha value is -1.11. The number of benzene rings is 1. The molecule has 1 nitrogen and oxygen atoms in total. The van der Waals surface area contributed by atoms with Crippen LogP contribution in [0.4, 0.5) is 0 Å². The number of Topliss-reactive ketones (excluding diaryl/α,β-unsaturated/α-hetero) is 1. The highest BCUT2D eigenvalue weighted by molar-refractivity contribution is 6.01. The van der Waals surface area contributed by atoms with E-state index in [4.69, 9.17) is 0 Å². The van der Waals surface area contributed by atoms with Gasteiger partial charge in [-0.25, -0.2) is 0 Å². The maximum atomic E-state index is 12.8. The number of ketones is 1. The summed E-state index contributed by atoms with van der Waals surface area (Å²) in [6, 6.07) is 4.55. The summed E-state index contributed by atoms with van der Waals surface area (Å²) < 4.78 is 0. The van der Waals surface area contributed by atoms with Crippen molar-refractivity contribution in [2.24, 2.45) is 11.8 Å². The molecule has 3 atom stereocenters. The van der Waals surface area contributed by atoms with Crippen LogP contribution in [-0.2, 0) is 5.41 Å². The molecular formula is C22H34O. The van der Waals surface area contributed by atoms with E-state index in [-0.39, 0.29) is 5.41 Å². The smallest absolute Gasteiger partial charge is 0.163 e. The second-order valence-corrected chi connectivity index (χ2v) is 7.88. The van der Waals surface area contributed by atoms with Crippen molar-refractivity contribution in [3.8, 4) is 0 Å². The first kappa shape index (κ1) is 18.2. The Bertz CT molecular complexity index is 584. The van der Waals surface area contributed by atoms with Crippen molar-refractivity contribution in [3.63, 3.8) is 0 Å². The average molecular weight is 315 g/mol. The van der Waals surface area contributed by atoms with E-state index in [2.05, 4.69) is 46.8 Å². The summed E-state index contributed by atoms with van der Waals surface area (Å²) in [6.45, 7) is 15.3. The first-order chi connectivity index (χ1) is 10.9. The summed E-state index contributed by atoms with van der Waals surface area (Å²) in [5.74, 6) is 2.08. The highest BCUT2D eigenvalue weighted by atomic mass is 16.1. The Labute approximate surface area is 142 Å². The van der Waals surface area contributed by atoms with E-state index in [1.165, 1.54) is 36.0 Å². The molecule has 1 heteroatoms. The van der Waals surface area contributed by atoms with Gasteiger partial charge in [0.15, 0.2) is 5.78 Å². The van der Waals surface area contributed by atoms with E-state index in [0.29, 0.717) is 23.5 Å². The van der Waals surface area contributed by atoms with Crippen molar-refractivity contribution in [2.75, 3.05) is 0 Å². The maximum absolute atomic E-state index is 12.8. The van der Waals surface area contributed by atoms with Crippen LogP contribution < -0.4 is 0 Å². The van der Waals surface area contributed by atoms with E-state index in [9.17, 15) is 4.79 Å². The fourth-order valence-electron chi connectivity index (χ4n) is 5.06. The predicted octanol–water partition coefficient (Wildman–Crippen LogP) is 6.42. The molecule has 128 valence electrons. The van der Waals surface area contributed by atoms with Crippen LogP contribution in [0.15, 0.2) is 12.1 Å². The van der Waals surface area contributed by atoms with Crippen LogP contribution in [0.1, 0.15) is 100 Å². The van der Waals surface area contributed by atoms with E-state index in [1.807, 2.05) is 13.8 Å². The molecule has 0 bridgehead atoms. The Morgan fingerprint density at radius 3 is 2.48 bits per heavy atom. The van der Waals surface area contributed by atoms with Crippen LogP contribution in [0.3, 0.4) is 0 Å². The van der Waals surface area contributed by atoms with Gasteiger partial charge in [0.05, 0.1) is 0 Å². The van der Waals surface area contributed by atoms with Gasteiger partial charge in [-0.2, -0.15) is 0 Å². The lowest BCUT2D eigenvalue weighted by molar-refractivity contribution is 0.0755. The van der Waals surface area contributed by atoms with Crippen LogP contribution in [0, 0.1) is 18.8 Å². The predicted molar refractivity (Wildman–Crippen MR) is 99.4 cm³/mol. The van der Waals surface area contributed by atoms with Gasteiger partial charge in [-0.05, 0) is 53.2 Å². The third-order valence-corrected chi connectivity index (χ3v) is 6.29. The summed E-state index contributed by atoms with van der Waals surface area (Å²) >= 11 is 0. The largest absolute Gasteiger partial charge is 0.294 e. The molecule has 1 aromatic rings. The lowest BCUT2D eigenvalue weighted by Gasteiger charge is -2.49. The van der Waals surface area contributed by atoms with Crippen LogP contribution in [0.25, 0.3) is 0 Å². The topological polar surface area (TPSA) is 17.1 Å². The highest BCUT2D eigenvalue weighted by Gasteiger charge is 2.47. The Morgan fingerprint density at radius 2 is 1.87 bits per heavy atom. The van der Waals surface area contributed by atoms with E-state index in [1.54, 1.807) is 0 Å². The molecule has 0 spiro atoms. The fraction of sp³-hybridized carbons (Fsp3) is 0.682. The lowest BCUT2D eigenvalue weighted by atomic mass is 9.54. The minimum atomic E-state index is 0.210. The molecule has 0 aliphatic heterocycles. The highest BCUT2D eigenvalue weighted by Crippen LogP contribution is 2.52. The van der Waals surface area contributed by atoms with Crippen molar-refractivity contribution >= 4 is 5.78 Å². The Kier molecular flexibility index (Phi) is 5.38. The van der Waals surface area contributed by atoms with Gasteiger partial charge >= 0.3 is 0 Å². The maximum Gasteiger partial charge on any atom is 0.163 e. The summed E-state index contributed by atoms with van der Waals surface area (Å²) in [6.07, 6.45) is 4.58. The second-order valence-electron chi connectivity index (χ2n) is 7.88. The molecule has 0 aromatic heterocycles. The zero-order chi connectivity index (χ0) is 17.4. The average Bonchev–Trinajstić information content (AvgIpc) is 2.51. The Balaban J connectivity index is 0.000000924. The zero-order valence-electron chi connectivity index (χ0n) is 16.1. The van der Waals surface area contributed by atoms with Crippen LogP contribution >= 0.6 is 0 Å². The molecule has 3 unspecified atom stereocenters. The standard InChI is InChI=1S/C20H28O.C2H6/c1-12(2)15-8-9-16-19(14(15)4)18(21)11-17-13(3)7-6-10-20(16,17)5;1-2/h8-9,12-13,17H,6-7,10-11H2,1-5H3;1-2H3. The van der Waals surface area contributed by atoms with Gasteiger partial charge in [0.1, 0.15) is 0 Å². The number of fused-ring (bicyclic) bond motifs is 3. The number of hydrogen-bond donors (Lipinski definition) is 0. The van der Waals surface area contributed by atoms with Gasteiger partial charge in [-0.1, -0.05) is 66.5 Å². The molecule has 0 N–H and O–H groups in total. The third-order valence-electron chi connectivity index (χ3n) is 6.29. The number of carbonyl (C=O) groups excluding carboxylic acids is 1. The van der Waals surface area contributed by atoms with Crippen LogP contribution in [0.5, 0.6) is 0 Å². The van der Waals surface area contributed by atoms with Gasteiger partial charge in [0, 0.05) is 12.0 Å². The van der Waals surface area contributed by atoms with E-state index < -0.39 is 0 Å². The van der Waals surface area contributed by atoms with Gasteiger partial charge in [-0.15, -0.1) is 0 Å². The van der Waals surface area contributed by atoms with Crippen LogP contribution in [-0.4, -0.2) is 5.78 Å². The lowest BCUT2D eigenvalue weighted by Crippen LogP contribution is -2.45. The summed E-state index contributed by atoms with van der Waals surface area (Å²) in [5.41, 5.74) is 5.20. The minimum Gasteiger partial charge on any atom is -0.294 e. The summed E-state index contributed by atoms with van der Waals surface area (Å²) in [5, 5.41) is 0. The number of hydrogen-bond acceptors (Lipinski definition) is 1. The molecule has 3 rings (SSSR count). The molecule has 23 heavy (non-hydrogen) atoms. The van der Waals surface area contributed by atoms with Gasteiger partial charge in [0.25, 0.3) is 0 Å². The van der Waals surface area contributed by atoms with Crippen molar-refractivity contribution < 1.29 is 4.79 Å². The SMILES string of the molecule is CC.Cc1c(C(C)C)ccc2c1C(=O)CC1C(C)CCCC21C. The first-order valence-electron chi connectivity index (χ1n) is 9.53. The molecule has 0 radical (unpaired) electrons. The fourth-order valence-corrected chi connectivity index (χ4v) is 5.06. The Morgan fingerprint density at radius 1 is 1.22 bits per heavy atom. The quantitative estimate of drug-likeness (QED) is 0.584.